The predicted octanol–water partition coefficient (Wildman–Crippen LogP) is 0.793. The Balaban J connectivity index is 3.38. The molecule has 9 nitrogen and oxygen atoms in total. The van der Waals surface area contributed by atoms with Crippen LogP contribution < -0.4 is 0 Å². The van der Waals surface area contributed by atoms with Gasteiger partial charge in [-0.05, 0) is 0 Å². The van der Waals surface area contributed by atoms with E-state index in [1.165, 1.54) is 5.01 Å². The Morgan fingerprint density at radius 2 is 1.71 bits per heavy atom. The smallest absolute Gasteiger partial charge is 0.303 e. The molecule has 0 aliphatic heterocycles. The fraction of sp³-hybridized carbons (Fsp3) is 0.250. The molecule has 17 heavy (non-hydrogen) atoms. The van der Waals surface area contributed by atoms with E-state index in [9.17, 15) is 20.2 Å². The first-order valence-corrected chi connectivity index (χ1v) is 4.41. The number of hydrogen-bond donors (Lipinski definition) is 0. The molecule has 9 heteroatoms. The molecule has 1 aromatic rings. The van der Waals surface area contributed by atoms with Crippen LogP contribution >= 0.6 is 0 Å². The highest BCUT2D eigenvalue weighted by molar-refractivity contribution is 5.90. The van der Waals surface area contributed by atoms with Crippen molar-refractivity contribution in [1.29, 1.82) is 0 Å². The van der Waals surface area contributed by atoms with Gasteiger partial charge in [0.25, 0.3) is 0 Å². The van der Waals surface area contributed by atoms with Gasteiger partial charge < -0.3 is 5.01 Å². The Labute approximate surface area is 95.7 Å². The molecule has 0 bridgehead atoms. The van der Waals surface area contributed by atoms with Gasteiger partial charge in [0, 0.05) is 14.1 Å². The van der Waals surface area contributed by atoms with Crippen molar-refractivity contribution in [1.82, 2.24) is 9.99 Å². The molecule has 0 aliphatic carbocycles. The molecule has 0 fully saturated rings. The largest absolute Gasteiger partial charge is 0.303 e. The molecule has 1 rings (SSSR count). The molecule has 1 aromatic heterocycles. The van der Waals surface area contributed by atoms with E-state index >= 15 is 0 Å². The van der Waals surface area contributed by atoms with Crippen molar-refractivity contribution in [2.24, 2.45) is 5.10 Å². The van der Waals surface area contributed by atoms with E-state index in [-0.39, 0.29) is 5.56 Å². The molecule has 90 valence electrons. The lowest BCUT2D eigenvalue weighted by molar-refractivity contribution is -0.394. The van der Waals surface area contributed by atoms with Crippen molar-refractivity contribution in [3.8, 4) is 0 Å². The molecule has 0 saturated carbocycles. The van der Waals surface area contributed by atoms with Gasteiger partial charge in [0.2, 0.25) is 0 Å². The fourth-order valence-corrected chi connectivity index (χ4v) is 1.05. The molecule has 1 heterocycles. The van der Waals surface area contributed by atoms with Crippen LogP contribution in [0.4, 0.5) is 11.4 Å². The average Bonchev–Trinajstić information content (AvgIpc) is 2.25. The quantitative estimate of drug-likeness (QED) is 0.435. The maximum absolute atomic E-state index is 10.7. The summed E-state index contributed by atoms with van der Waals surface area (Å²) in [5.41, 5.74) is -1.08. The molecule has 0 spiro atoms. The first kappa shape index (κ1) is 12.5. The molecule has 0 aromatic carbocycles. The molecule has 0 aliphatic rings. The highest BCUT2D eigenvalue weighted by atomic mass is 16.6. The third kappa shape index (κ3) is 2.93. The number of pyridine rings is 1. The van der Waals surface area contributed by atoms with Crippen LogP contribution in [-0.2, 0) is 0 Å². The average molecular weight is 239 g/mol. The third-order valence-corrected chi connectivity index (χ3v) is 1.76. The zero-order valence-corrected chi connectivity index (χ0v) is 9.10. The number of nitrogens with zero attached hydrogens (tertiary/aromatic N) is 5. The lowest BCUT2D eigenvalue weighted by Crippen LogP contribution is -2.05. The molecule has 0 atom stereocenters. The van der Waals surface area contributed by atoms with E-state index in [0.717, 1.165) is 18.6 Å². The van der Waals surface area contributed by atoms with E-state index < -0.39 is 21.2 Å². The Kier molecular flexibility index (Phi) is 3.65. The predicted molar refractivity (Wildman–Crippen MR) is 58.8 cm³/mol. The summed E-state index contributed by atoms with van der Waals surface area (Å²) in [5, 5.41) is 26.5. The zero-order valence-electron chi connectivity index (χ0n) is 9.10. The minimum absolute atomic E-state index is 0.177. The van der Waals surface area contributed by atoms with Gasteiger partial charge in [-0.15, -0.1) is 0 Å². The normalized spacial score (nSPS) is 10.5. The Hall–Kier alpha value is -2.58. The number of hydrogen-bond acceptors (Lipinski definition) is 7. The van der Waals surface area contributed by atoms with Crippen molar-refractivity contribution in [3.63, 3.8) is 0 Å². The standard InChI is InChI=1S/C8H9N5O4/c1-11(2)10-3-6-7(12(14)15)4-9-5-8(6)13(16)17/h3-5H,1-2H3/b10-3-. The van der Waals surface area contributed by atoms with E-state index in [4.69, 9.17) is 0 Å². The fourth-order valence-electron chi connectivity index (χ4n) is 1.05. The number of hydrazone groups is 1. The summed E-state index contributed by atoms with van der Waals surface area (Å²) in [6.07, 6.45) is 2.96. The van der Waals surface area contributed by atoms with Crippen LogP contribution in [-0.4, -0.2) is 40.1 Å². The van der Waals surface area contributed by atoms with Crippen LogP contribution in [0.15, 0.2) is 17.5 Å². The topological polar surface area (TPSA) is 115 Å². The second kappa shape index (κ2) is 4.96. The molecular weight excluding hydrogens is 230 g/mol. The molecule has 0 unspecified atom stereocenters. The van der Waals surface area contributed by atoms with E-state index in [0.29, 0.717) is 0 Å². The molecular formula is C8H9N5O4. The molecule has 0 amide bonds. The zero-order chi connectivity index (χ0) is 13.0. The molecule has 0 radical (unpaired) electrons. The summed E-state index contributed by atoms with van der Waals surface area (Å²) in [5.74, 6) is 0. The Morgan fingerprint density at radius 3 is 2.06 bits per heavy atom. The van der Waals surface area contributed by atoms with Gasteiger partial charge in [-0.25, -0.2) is 0 Å². The van der Waals surface area contributed by atoms with Gasteiger partial charge in [0.1, 0.15) is 12.4 Å². The maximum Gasteiger partial charge on any atom is 0.303 e. The minimum Gasteiger partial charge on any atom is -0.303 e. The third-order valence-electron chi connectivity index (χ3n) is 1.76. The van der Waals surface area contributed by atoms with Gasteiger partial charge in [-0.2, -0.15) is 5.10 Å². The van der Waals surface area contributed by atoms with Crippen LogP contribution in [0.3, 0.4) is 0 Å². The van der Waals surface area contributed by atoms with Crippen LogP contribution in [0.5, 0.6) is 0 Å². The number of aromatic nitrogens is 1. The van der Waals surface area contributed by atoms with Crippen LogP contribution in [0.2, 0.25) is 0 Å². The molecule has 0 N–H and O–H groups in total. The number of nitro groups is 2. The summed E-state index contributed by atoms with van der Waals surface area (Å²) in [6.45, 7) is 0. The highest BCUT2D eigenvalue weighted by Gasteiger charge is 2.24. The van der Waals surface area contributed by atoms with E-state index in [1.807, 2.05) is 0 Å². The van der Waals surface area contributed by atoms with Crippen LogP contribution in [0.1, 0.15) is 5.56 Å². The van der Waals surface area contributed by atoms with Crippen molar-refractivity contribution in [2.75, 3.05) is 14.1 Å². The first-order chi connectivity index (χ1) is 7.93. The lowest BCUT2D eigenvalue weighted by Gasteiger charge is -2.03. The summed E-state index contributed by atoms with van der Waals surface area (Å²) in [6, 6.07) is 0. The van der Waals surface area contributed by atoms with Crippen LogP contribution in [0.25, 0.3) is 0 Å². The maximum atomic E-state index is 10.7. The second-order valence-electron chi connectivity index (χ2n) is 3.20. The van der Waals surface area contributed by atoms with Gasteiger partial charge in [-0.1, -0.05) is 0 Å². The second-order valence-corrected chi connectivity index (χ2v) is 3.20. The number of rotatable bonds is 4. The van der Waals surface area contributed by atoms with Crippen molar-refractivity contribution >= 4 is 17.6 Å². The van der Waals surface area contributed by atoms with Gasteiger partial charge >= 0.3 is 11.4 Å². The van der Waals surface area contributed by atoms with E-state index in [2.05, 4.69) is 10.1 Å². The molecule has 0 saturated heterocycles. The van der Waals surface area contributed by atoms with Gasteiger partial charge in [-0.3, -0.25) is 25.2 Å². The van der Waals surface area contributed by atoms with Gasteiger partial charge in [0.05, 0.1) is 16.1 Å². The minimum atomic E-state index is -0.739. The summed E-state index contributed by atoms with van der Waals surface area (Å²) in [4.78, 5) is 23.4. The van der Waals surface area contributed by atoms with Gasteiger partial charge in [0.15, 0.2) is 5.56 Å². The first-order valence-electron chi connectivity index (χ1n) is 4.41. The van der Waals surface area contributed by atoms with Crippen molar-refractivity contribution in [3.05, 3.63) is 38.2 Å². The van der Waals surface area contributed by atoms with Crippen molar-refractivity contribution in [2.45, 2.75) is 0 Å². The highest BCUT2D eigenvalue weighted by Crippen LogP contribution is 2.24. The Morgan fingerprint density at radius 1 is 1.24 bits per heavy atom. The summed E-state index contributed by atoms with van der Waals surface area (Å²) in [7, 11) is 3.19. The monoisotopic (exact) mass is 239 g/mol. The summed E-state index contributed by atoms with van der Waals surface area (Å²) >= 11 is 0. The Bertz CT molecular complexity index is 453. The van der Waals surface area contributed by atoms with E-state index in [1.54, 1.807) is 14.1 Å². The van der Waals surface area contributed by atoms with Crippen molar-refractivity contribution < 1.29 is 9.85 Å². The summed E-state index contributed by atoms with van der Waals surface area (Å²) < 4.78 is 0. The van der Waals surface area contributed by atoms with Crippen LogP contribution in [0, 0.1) is 20.2 Å². The lowest BCUT2D eigenvalue weighted by atomic mass is 10.2. The SMILES string of the molecule is CN(C)/N=C\c1c([N+](=O)[O-])cncc1[N+](=O)[O-].